The van der Waals surface area contributed by atoms with E-state index in [0.29, 0.717) is 16.3 Å². The highest BCUT2D eigenvalue weighted by atomic mass is 35.5. The van der Waals surface area contributed by atoms with Gasteiger partial charge in [-0.3, -0.25) is 5.43 Å². The van der Waals surface area contributed by atoms with Crippen molar-refractivity contribution in [3.8, 4) is 5.75 Å². The molecule has 82 valence electrons. The Hall–Kier alpha value is -1.46. The van der Waals surface area contributed by atoms with E-state index < -0.39 is 6.03 Å². The number of hydrogen-bond donors (Lipinski definition) is 3. The molecule has 0 heterocycles. The normalized spacial score (nSPS) is 9.53. The van der Waals surface area contributed by atoms with Gasteiger partial charge in [-0.25, -0.2) is 10.6 Å². The fourth-order valence-electron chi connectivity index (χ4n) is 1.12. The molecule has 0 radical (unpaired) electrons. The van der Waals surface area contributed by atoms with Crippen LogP contribution in [0.15, 0.2) is 18.2 Å². The molecule has 1 rings (SSSR count). The van der Waals surface area contributed by atoms with Crippen LogP contribution in [0.1, 0.15) is 5.56 Å². The molecule has 0 bridgehead atoms. The summed E-state index contributed by atoms with van der Waals surface area (Å²) in [5.41, 5.74) is 2.67. The number of benzene rings is 1. The zero-order chi connectivity index (χ0) is 11.3. The van der Waals surface area contributed by atoms with Crippen molar-refractivity contribution in [1.82, 2.24) is 10.7 Å². The highest BCUT2D eigenvalue weighted by molar-refractivity contribution is 6.31. The van der Waals surface area contributed by atoms with Gasteiger partial charge in [-0.1, -0.05) is 17.7 Å². The molecule has 0 saturated heterocycles. The van der Waals surface area contributed by atoms with Crippen LogP contribution >= 0.6 is 11.6 Å². The van der Waals surface area contributed by atoms with Crippen molar-refractivity contribution in [3.63, 3.8) is 0 Å². The van der Waals surface area contributed by atoms with E-state index in [-0.39, 0.29) is 6.54 Å². The first-order valence-electron chi connectivity index (χ1n) is 4.25. The SMILES string of the molecule is COc1cccc(Cl)c1CNC(=O)NN. The van der Waals surface area contributed by atoms with E-state index in [1.54, 1.807) is 18.2 Å². The number of hydrazine groups is 1. The lowest BCUT2D eigenvalue weighted by molar-refractivity contribution is 0.240. The van der Waals surface area contributed by atoms with Crippen LogP contribution in [0.25, 0.3) is 0 Å². The summed E-state index contributed by atoms with van der Waals surface area (Å²) in [7, 11) is 1.54. The lowest BCUT2D eigenvalue weighted by atomic mass is 10.2. The summed E-state index contributed by atoms with van der Waals surface area (Å²) in [6.45, 7) is 0.256. The third-order valence-corrected chi connectivity index (χ3v) is 2.21. The Labute approximate surface area is 92.5 Å². The molecule has 1 aromatic rings. The number of ether oxygens (including phenoxy) is 1. The summed E-state index contributed by atoms with van der Waals surface area (Å²) in [6, 6.07) is 4.79. The number of carbonyl (C=O) groups is 1. The number of carbonyl (C=O) groups excluding carboxylic acids is 1. The fourth-order valence-corrected chi connectivity index (χ4v) is 1.35. The van der Waals surface area contributed by atoms with Crippen LogP contribution in [0.2, 0.25) is 5.02 Å². The van der Waals surface area contributed by atoms with E-state index in [1.165, 1.54) is 7.11 Å². The molecule has 0 saturated carbocycles. The van der Waals surface area contributed by atoms with E-state index in [0.717, 1.165) is 0 Å². The Balaban J connectivity index is 2.78. The summed E-state index contributed by atoms with van der Waals surface area (Å²) >= 11 is 5.95. The Morgan fingerprint density at radius 2 is 2.33 bits per heavy atom. The molecule has 0 fully saturated rings. The Bertz CT molecular complexity index is 357. The lowest BCUT2D eigenvalue weighted by Crippen LogP contribution is -2.39. The number of rotatable bonds is 3. The van der Waals surface area contributed by atoms with Gasteiger partial charge >= 0.3 is 6.03 Å². The van der Waals surface area contributed by atoms with Crippen molar-refractivity contribution in [2.24, 2.45) is 5.84 Å². The van der Waals surface area contributed by atoms with Crippen molar-refractivity contribution in [2.45, 2.75) is 6.54 Å². The lowest BCUT2D eigenvalue weighted by Gasteiger charge is -2.10. The van der Waals surface area contributed by atoms with Crippen LogP contribution in [-0.4, -0.2) is 13.1 Å². The van der Waals surface area contributed by atoms with Gasteiger partial charge in [-0.05, 0) is 12.1 Å². The van der Waals surface area contributed by atoms with Gasteiger partial charge in [0.1, 0.15) is 5.75 Å². The van der Waals surface area contributed by atoms with E-state index in [2.05, 4.69) is 5.32 Å². The molecule has 0 atom stereocenters. The minimum Gasteiger partial charge on any atom is -0.496 e. The number of amides is 2. The largest absolute Gasteiger partial charge is 0.496 e. The molecule has 0 unspecified atom stereocenters. The highest BCUT2D eigenvalue weighted by Gasteiger charge is 2.08. The second kappa shape index (κ2) is 5.43. The zero-order valence-corrected chi connectivity index (χ0v) is 8.97. The van der Waals surface area contributed by atoms with Gasteiger partial charge in [0.15, 0.2) is 0 Å². The molecule has 5 nitrogen and oxygen atoms in total. The van der Waals surface area contributed by atoms with Gasteiger partial charge in [-0.2, -0.15) is 0 Å². The van der Waals surface area contributed by atoms with Crippen LogP contribution in [0.5, 0.6) is 5.75 Å². The van der Waals surface area contributed by atoms with Crippen LogP contribution in [0.3, 0.4) is 0 Å². The van der Waals surface area contributed by atoms with Gasteiger partial charge in [0.2, 0.25) is 0 Å². The quantitative estimate of drug-likeness (QED) is 0.412. The van der Waals surface area contributed by atoms with Crippen LogP contribution in [-0.2, 0) is 6.54 Å². The monoisotopic (exact) mass is 229 g/mol. The molecule has 0 aromatic heterocycles. The summed E-state index contributed by atoms with van der Waals surface area (Å²) in [5.74, 6) is 5.54. The first-order valence-corrected chi connectivity index (χ1v) is 4.62. The summed E-state index contributed by atoms with van der Waals surface area (Å²) in [4.78, 5) is 10.9. The van der Waals surface area contributed by atoms with Crippen molar-refractivity contribution in [1.29, 1.82) is 0 Å². The standard InChI is InChI=1S/C9H12ClN3O2/c1-15-8-4-2-3-7(10)6(8)5-12-9(14)13-11/h2-4H,5,11H2,1H3,(H2,12,13,14). The van der Waals surface area contributed by atoms with Crippen LogP contribution in [0.4, 0.5) is 4.79 Å². The van der Waals surface area contributed by atoms with Gasteiger partial charge in [-0.15, -0.1) is 0 Å². The van der Waals surface area contributed by atoms with Gasteiger partial charge in [0.25, 0.3) is 0 Å². The number of nitrogens with two attached hydrogens (primary N) is 1. The maximum Gasteiger partial charge on any atom is 0.329 e. The second-order valence-electron chi connectivity index (χ2n) is 2.75. The summed E-state index contributed by atoms with van der Waals surface area (Å²) in [6.07, 6.45) is 0. The number of nitrogens with one attached hydrogen (secondary N) is 2. The third kappa shape index (κ3) is 3.00. The molecule has 1 aromatic carbocycles. The fraction of sp³-hybridized carbons (Fsp3) is 0.222. The first-order chi connectivity index (χ1) is 7.19. The topological polar surface area (TPSA) is 76.4 Å². The molecule has 2 amide bonds. The third-order valence-electron chi connectivity index (χ3n) is 1.85. The molecular formula is C9H12ClN3O2. The predicted octanol–water partition coefficient (Wildman–Crippen LogP) is 1.02. The Kier molecular flexibility index (Phi) is 4.20. The van der Waals surface area contributed by atoms with Crippen molar-refractivity contribution < 1.29 is 9.53 Å². The maximum absolute atomic E-state index is 10.9. The molecule has 0 aliphatic heterocycles. The van der Waals surface area contributed by atoms with Gasteiger partial charge in [0.05, 0.1) is 7.11 Å². The summed E-state index contributed by atoms with van der Waals surface area (Å²) in [5, 5.41) is 3.06. The smallest absolute Gasteiger partial charge is 0.329 e. The van der Waals surface area contributed by atoms with Crippen LogP contribution in [0, 0.1) is 0 Å². The molecule has 4 N–H and O–H groups in total. The average Bonchev–Trinajstić information content (AvgIpc) is 2.26. The van der Waals surface area contributed by atoms with E-state index in [9.17, 15) is 4.79 Å². The number of methoxy groups -OCH3 is 1. The zero-order valence-electron chi connectivity index (χ0n) is 8.21. The van der Waals surface area contributed by atoms with E-state index >= 15 is 0 Å². The molecule has 0 aliphatic carbocycles. The molecular weight excluding hydrogens is 218 g/mol. The minimum atomic E-state index is -0.475. The highest BCUT2D eigenvalue weighted by Crippen LogP contribution is 2.25. The van der Waals surface area contributed by atoms with Crippen molar-refractivity contribution in [2.75, 3.05) is 7.11 Å². The van der Waals surface area contributed by atoms with Crippen molar-refractivity contribution >= 4 is 17.6 Å². The average molecular weight is 230 g/mol. The Morgan fingerprint density at radius 3 is 2.93 bits per heavy atom. The molecule has 15 heavy (non-hydrogen) atoms. The van der Waals surface area contributed by atoms with E-state index in [1.807, 2.05) is 5.43 Å². The van der Waals surface area contributed by atoms with Crippen LogP contribution < -0.4 is 21.3 Å². The second-order valence-corrected chi connectivity index (χ2v) is 3.15. The van der Waals surface area contributed by atoms with Crippen molar-refractivity contribution in [3.05, 3.63) is 28.8 Å². The number of halogens is 1. The number of hydrogen-bond acceptors (Lipinski definition) is 3. The molecule has 0 aliphatic rings. The Morgan fingerprint density at radius 1 is 1.60 bits per heavy atom. The summed E-state index contributed by atoms with van der Waals surface area (Å²) < 4.78 is 5.10. The first kappa shape index (κ1) is 11.6. The minimum absolute atomic E-state index is 0.256. The molecule has 0 spiro atoms. The number of urea groups is 1. The van der Waals surface area contributed by atoms with Gasteiger partial charge < -0.3 is 10.1 Å². The van der Waals surface area contributed by atoms with E-state index in [4.69, 9.17) is 22.2 Å². The predicted molar refractivity (Wildman–Crippen MR) is 57.6 cm³/mol. The molecule has 6 heteroatoms. The maximum atomic E-state index is 10.9. The van der Waals surface area contributed by atoms with Gasteiger partial charge in [0, 0.05) is 17.1 Å².